The van der Waals surface area contributed by atoms with E-state index in [0.717, 1.165) is 27.5 Å². The van der Waals surface area contributed by atoms with Crippen LogP contribution in [0.2, 0.25) is 0 Å². The Morgan fingerprint density at radius 1 is 0.500 bits per heavy atom. The average Bonchev–Trinajstić information content (AvgIpc) is 3.70. The van der Waals surface area contributed by atoms with Gasteiger partial charge in [0.05, 0.1) is 0 Å². The van der Waals surface area contributed by atoms with E-state index >= 15 is 0 Å². The summed E-state index contributed by atoms with van der Waals surface area (Å²) >= 11 is -3.51. The minimum atomic E-state index is -4.53. The summed E-state index contributed by atoms with van der Waals surface area (Å²) in [7, 11) is 0. The number of rotatable bonds is 4. The number of allylic oxidation sites excluding steroid dienone is 4. The number of halogens is 6. The fourth-order valence-corrected chi connectivity index (χ4v) is 17.4. The first kappa shape index (κ1) is 42.3. The van der Waals surface area contributed by atoms with Crippen molar-refractivity contribution < 1.29 is 47.6 Å². The van der Waals surface area contributed by atoms with Crippen LogP contribution in [0.4, 0.5) is 26.3 Å². The third-order valence-corrected chi connectivity index (χ3v) is 19.5. The monoisotopic (exact) mass is 846 g/mol. The molecule has 2 aliphatic rings. The van der Waals surface area contributed by atoms with Crippen LogP contribution in [0.3, 0.4) is 0 Å². The molecule has 296 valence electrons. The second-order valence-corrected chi connectivity index (χ2v) is 25.9. The van der Waals surface area contributed by atoms with Crippen molar-refractivity contribution in [2.75, 3.05) is 0 Å². The van der Waals surface area contributed by atoms with Crippen LogP contribution in [0, 0.1) is 0 Å². The molecule has 4 aromatic carbocycles. The zero-order valence-corrected chi connectivity index (χ0v) is 37.2. The first-order chi connectivity index (χ1) is 25.6. The van der Waals surface area contributed by atoms with Gasteiger partial charge in [-0.15, -0.1) is 0 Å². The predicted octanol–water partition coefficient (Wildman–Crippen LogP) is 14.7. The molecule has 0 N–H and O–H groups in total. The summed E-state index contributed by atoms with van der Waals surface area (Å²) in [4.78, 5) is 0. The molecule has 0 amide bonds. The van der Waals surface area contributed by atoms with Gasteiger partial charge >= 0.3 is 339 Å². The Bertz CT molecular complexity index is 2110. The maximum atomic E-state index is 14.0. The second kappa shape index (κ2) is 14.2. The van der Waals surface area contributed by atoms with Gasteiger partial charge in [-0.2, -0.15) is 0 Å². The molecule has 0 saturated heterocycles. The summed E-state index contributed by atoms with van der Waals surface area (Å²) in [6, 6.07) is 20.2. The molecular formula is C49H54F6Zr. The van der Waals surface area contributed by atoms with E-state index in [1.54, 1.807) is 0 Å². The third-order valence-electron chi connectivity index (χ3n) is 11.2. The minimum absolute atomic E-state index is 0.0987. The molecule has 0 unspecified atom stereocenters. The molecule has 0 radical (unpaired) electrons. The van der Waals surface area contributed by atoms with E-state index in [-0.39, 0.29) is 25.3 Å². The van der Waals surface area contributed by atoms with Crippen molar-refractivity contribution >= 4 is 3.21 Å². The van der Waals surface area contributed by atoms with Gasteiger partial charge in [0.15, 0.2) is 0 Å². The summed E-state index contributed by atoms with van der Waals surface area (Å²) in [5.41, 5.74) is 8.83. The van der Waals surface area contributed by atoms with Crippen LogP contribution in [0.25, 0.3) is 11.1 Å². The topological polar surface area (TPSA) is 0 Å². The van der Waals surface area contributed by atoms with Gasteiger partial charge in [-0.3, -0.25) is 0 Å². The van der Waals surface area contributed by atoms with Crippen LogP contribution >= 0.6 is 0 Å². The van der Waals surface area contributed by atoms with Gasteiger partial charge in [-0.25, -0.2) is 0 Å². The Labute approximate surface area is 337 Å². The average molecular weight is 848 g/mol. The van der Waals surface area contributed by atoms with Crippen LogP contribution in [0.5, 0.6) is 0 Å². The third kappa shape index (κ3) is 8.18. The summed E-state index contributed by atoms with van der Waals surface area (Å²) in [6.45, 7) is 26.9. The van der Waals surface area contributed by atoms with Gasteiger partial charge < -0.3 is 0 Å². The van der Waals surface area contributed by atoms with Gasteiger partial charge in [0, 0.05) is 0 Å². The molecule has 0 nitrogen and oxygen atoms in total. The maximum absolute atomic E-state index is 14.0. The molecule has 0 saturated carbocycles. The summed E-state index contributed by atoms with van der Waals surface area (Å²) in [6.07, 6.45) is -2.02. The van der Waals surface area contributed by atoms with Crippen molar-refractivity contribution in [3.8, 4) is 11.1 Å². The Morgan fingerprint density at radius 3 is 1.12 bits per heavy atom. The molecule has 6 rings (SSSR count). The molecule has 0 heterocycles. The van der Waals surface area contributed by atoms with Crippen LogP contribution < -0.4 is 0 Å². The molecule has 0 atom stereocenters. The molecule has 4 aromatic rings. The molecule has 0 spiro atoms. The molecule has 0 aromatic heterocycles. The molecular weight excluding hydrogens is 794 g/mol. The van der Waals surface area contributed by atoms with E-state index < -0.39 is 44.7 Å². The Balaban J connectivity index is 1.83. The number of hydrogen-bond acceptors (Lipinski definition) is 0. The molecule has 7 heteroatoms. The van der Waals surface area contributed by atoms with Gasteiger partial charge in [0.25, 0.3) is 0 Å². The van der Waals surface area contributed by atoms with Crippen LogP contribution in [-0.2, 0) is 55.3 Å². The molecule has 56 heavy (non-hydrogen) atoms. The van der Waals surface area contributed by atoms with E-state index in [1.165, 1.54) is 72.1 Å². The van der Waals surface area contributed by atoms with Crippen molar-refractivity contribution in [2.45, 2.75) is 127 Å². The van der Waals surface area contributed by atoms with E-state index in [0.29, 0.717) is 17.5 Å². The fourth-order valence-electron chi connectivity index (χ4n) is 8.40. The quantitative estimate of drug-likeness (QED) is 0.180. The molecule has 0 bridgehead atoms. The van der Waals surface area contributed by atoms with E-state index in [4.69, 9.17) is 0 Å². The predicted molar refractivity (Wildman–Crippen MR) is 216 cm³/mol. The standard InChI is InChI=1S/C29H41.C15H8F6.C5H5.Zr/c1-26(2,3)22-14-18-13-19-15-23(27(4,5)6)25(29(10,11)12)17-21(19)20(18)16-24(22)28(7,8)9;16-14(17,18)12-5-1-10(2-6-12)9-11-3-7-13(8-4-11)15(19,20)21;1-2-4-5-3-1;/h13-17H,1-12H3;1-8H;1-3H,4H2;. The van der Waals surface area contributed by atoms with Crippen molar-refractivity contribution in [1.82, 2.24) is 0 Å². The summed E-state index contributed by atoms with van der Waals surface area (Å²) in [5.74, 6) is 0. The summed E-state index contributed by atoms with van der Waals surface area (Å²) in [5, 5.41) is 0. The molecule has 0 aliphatic heterocycles. The molecule has 2 aliphatic carbocycles. The normalized spacial score (nSPS) is 15.2. The SMILES string of the molecule is CC(C)(C)c1cc2c(cc1C(C)(C)C)[CH]([Zr]([C]1=CC=CC1)=[C](c1ccc(C(F)(F)F)cc1)c1ccc(C(F)(F)F)cc1)c1cc(C(C)(C)C)c(C(C)(C)C)cc1-2. The number of alkyl halides is 6. The van der Waals surface area contributed by atoms with Crippen LogP contribution in [-0.4, -0.2) is 3.21 Å². The van der Waals surface area contributed by atoms with Gasteiger partial charge in [-0.05, 0) is 0 Å². The van der Waals surface area contributed by atoms with Crippen molar-refractivity contribution in [3.63, 3.8) is 0 Å². The van der Waals surface area contributed by atoms with Gasteiger partial charge in [-0.1, -0.05) is 0 Å². The van der Waals surface area contributed by atoms with Gasteiger partial charge in [0.2, 0.25) is 0 Å². The Hall–Kier alpha value is -3.31. The van der Waals surface area contributed by atoms with E-state index in [9.17, 15) is 26.3 Å². The first-order valence-corrected chi connectivity index (χ1v) is 23.3. The number of hydrogen-bond donors (Lipinski definition) is 0. The second-order valence-electron chi connectivity index (χ2n) is 19.7. The zero-order valence-electron chi connectivity index (χ0n) is 34.7. The van der Waals surface area contributed by atoms with Crippen molar-refractivity contribution in [2.24, 2.45) is 0 Å². The Kier molecular flexibility index (Phi) is 10.7. The first-order valence-electron chi connectivity index (χ1n) is 19.4. The van der Waals surface area contributed by atoms with Gasteiger partial charge in [0.1, 0.15) is 0 Å². The van der Waals surface area contributed by atoms with Crippen molar-refractivity contribution in [3.05, 3.63) is 150 Å². The van der Waals surface area contributed by atoms with E-state index in [1.807, 2.05) is 0 Å². The van der Waals surface area contributed by atoms with E-state index in [2.05, 4.69) is 126 Å². The van der Waals surface area contributed by atoms with Crippen LogP contribution in [0.1, 0.15) is 149 Å². The van der Waals surface area contributed by atoms with Crippen molar-refractivity contribution in [1.29, 1.82) is 0 Å². The zero-order chi connectivity index (χ0) is 41.6. The fraction of sp³-hybridized carbons (Fsp3) is 0.408. The summed E-state index contributed by atoms with van der Waals surface area (Å²) < 4.78 is 85.8. The number of fused-ring (bicyclic) bond motifs is 3. The number of benzene rings is 4. The molecule has 0 fully saturated rings. The van der Waals surface area contributed by atoms with Crippen LogP contribution in [0.15, 0.2) is 94.3 Å². The Morgan fingerprint density at radius 2 is 0.839 bits per heavy atom.